The van der Waals surface area contributed by atoms with Crippen LogP contribution in [0.1, 0.15) is 0 Å². The number of aliphatic imine (C=N–C) groups is 1. The highest BCUT2D eigenvalue weighted by atomic mass is 32.2. The number of rotatable bonds is 1. The minimum atomic E-state index is 0.764. The van der Waals surface area contributed by atoms with Crippen molar-refractivity contribution in [3.63, 3.8) is 0 Å². The summed E-state index contributed by atoms with van der Waals surface area (Å²) >= 11 is 3.29. The fraction of sp³-hybridized carbons (Fsp3) is 0.273. The molecule has 0 radical (unpaired) electrons. The van der Waals surface area contributed by atoms with Crippen LogP contribution in [0.3, 0.4) is 0 Å². The Morgan fingerprint density at radius 2 is 1.94 bits per heavy atom. The molecule has 0 unspecified atom stereocenters. The lowest BCUT2D eigenvalue weighted by Crippen LogP contribution is -1.89. The molecule has 0 atom stereocenters. The van der Waals surface area contributed by atoms with E-state index in [4.69, 9.17) is 0 Å². The molecule has 1 heterocycles. The highest BCUT2D eigenvalue weighted by Gasteiger charge is 2.06. The normalized spacial score (nSPS) is 10.7. The zero-order valence-electron chi connectivity index (χ0n) is 9.47. The lowest BCUT2D eigenvalue weighted by atomic mass is 10.3. The third-order valence-electron chi connectivity index (χ3n) is 2.30. The molecule has 0 spiro atoms. The van der Waals surface area contributed by atoms with Gasteiger partial charge >= 0.3 is 0 Å². The van der Waals surface area contributed by atoms with Gasteiger partial charge in [0.25, 0.3) is 0 Å². The van der Waals surface area contributed by atoms with Crippen molar-refractivity contribution in [1.82, 2.24) is 9.55 Å². The highest BCUT2D eigenvalue weighted by Crippen LogP contribution is 2.23. The fourth-order valence-corrected chi connectivity index (χ4v) is 2.50. The SMILES string of the molecule is CSC(=Nc1nc2ccccc2n1C)SC. The Balaban J connectivity index is 2.53. The number of hydrogen-bond acceptors (Lipinski definition) is 4. The van der Waals surface area contributed by atoms with Gasteiger partial charge in [0, 0.05) is 7.05 Å². The molecule has 0 fully saturated rings. The van der Waals surface area contributed by atoms with E-state index in [0.717, 1.165) is 21.4 Å². The molecule has 1 aromatic heterocycles. The molecular weight excluding hydrogens is 238 g/mol. The Bertz CT molecular complexity index is 525. The summed E-state index contributed by atoms with van der Waals surface area (Å²) in [7, 11) is 1.99. The molecule has 0 amide bonds. The monoisotopic (exact) mass is 251 g/mol. The van der Waals surface area contributed by atoms with E-state index in [-0.39, 0.29) is 0 Å². The Morgan fingerprint density at radius 3 is 2.56 bits per heavy atom. The molecule has 84 valence electrons. The van der Waals surface area contributed by atoms with Gasteiger partial charge in [-0.15, -0.1) is 23.5 Å². The van der Waals surface area contributed by atoms with Crippen molar-refractivity contribution >= 4 is 44.9 Å². The molecule has 0 aliphatic rings. The first-order valence-electron chi connectivity index (χ1n) is 4.84. The lowest BCUT2D eigenvalue weighted by molar-refractivity contribution is 0.945. The van der Waals surface area contributed by atoms with Gasteiger partial charge in [0.15, 0.2) is 0 Å². The third-order valence-corrected chi connectivity index (χ3v) is 4.19. The van der Waals surface area contributed by atoms with Gasteiger partial charge in [-0.1, -0.05) is 12.1 Å². The van der Waals surface area contributed by atoms with Crippen molar-refractivity contribution < 1.29 is 0 Å². The van der Waals surface area contributed by atoms with Gasteiger partial charge in [-0.3, -0.25) is 0 Å². The maximum absolute atomic E-state index is 4.53. The number of benzene rings is 1. The van der Waals surface area contributed by atoms with Gasteiger partial charge < -0.3 is 4.57 Å². The lowest BCUT2D eigenvalue weighted by Gasteiger charge is -1.99. The van der Waals surface area contributed by atoms with Crippen molar-refractivity contribution in [3.8, 4) is 0 Å². The van der Waals surface area contributed by atoms with Crippen LogP contribution in [0.15, 0.2) is 29.3 Å². The second kappa shape index (κ2) is 4.93. The maximum atomic E-state index is 4.53. The molecule has 0 aliphatic heterocycles. The average Bonchev–Trinajstić information content (AvgIpc) is 2.64. The highest BCUT2D eigenvalue weighted by molar-refractivity contribution is 8.38. The molecule has 16 heavy (non-hydrogen) atoms. The number of hydrogen-bond donors (Lipinski definition) is 0. The Kier molecular flexibility index (Phi) is 3.56. The molecule has 0 saturated heterocycles. The first-order valence-corrected chi connectivity index (χ1v) is 7.29. The first-order chi connectivity index (χ1) is 7.76. The van der Waals surface area contributed by atoms with Gasteiger partial charge in [-0.2, -0.15) is 4.99 Å². The van der Waals surface area contributed by atoms with E-state index in [1.165, 1.54) is 0 Å². The molecule has 0 bridgehead atoms. The summed E-state index contributed by atoms with van der Waals surface area (Å²) in [5.74, 6) is 0.764. The number of nitrogens with zero attached hydrogens (tertiary/aromatic N) is 3. The second-order valence-electron chi connectivity index (χ2n) is 3.25. The van der Waals surface area contributed by atoms with Gasteiger partial charge in [-0.05, 0) is 24.6 Å². The zero-order valence-corrected chi connectivity index (χ0v) is 11.1. The third kappa shape index (κ3) is 2.10. The summed E-state index contributed by atoms with van der Waals surface area (Å²) in [4.78, 5) is 9.02. The second-order valence-corrected chi connectivity index (χ2v) is 5.09. The maximum Gasteiger partial charge on any atom is 0.231 e. The van der Waals surface area contributed by atoms with E-state index in [9.17, 15) is 0 Å². The van der Waals surface area contributed by atoms with Crippen LogP contribution in [0.4, 0.5) is 5.95 Å². The number of aryl methyl sites for hydroxylation is 1. The van der Waals surface area contributed by atoms with E-state index in [2.05, 4.69) is 16.0 Å². The molecule has 3 nitrogen and oxygen atoms in total. The Morgan fingerprint density at radius 1 is 1.25 bits per heavy atom. The van der Waals surface area contributed by atoms with Crippen LogP contribution >= 0.6 is 23.5 Å². The van der Waals surface area contributed by atoms with Crippen molar-refractivity contribution in [2.75, 3.05) is 12.5 Å². The number of fused-ring (bicyclic) bond motifs is 1. The minimum Gasteiger partial charge on any atom is -0.311 e. The van der Waals surface area contributed by atoms with Crippen molar-refractivity contribution in [1.29, 1.82) is 0 Å². The summed E-state index contributed by atoms with van der Waals surface area (Å²) in [5, 5.41) is 0. The van der Waals surface area contributed by atoms with Crippen LogP contribution in [0, 0.1) is 0 Å². The summed E-state index contributed by atoms with van der Waals surface area (Å²) in [5.41, 5.74) is 2.10. The van der Waals surface area contributed by atoms with Crippen LogP contribution in [-0.2, 0) is 7.05 Å². The Labute approximate surface area is 103 Å². The molecule has 0 saturated carbocycles. The summed E-state index contributed by atoms with van der Waals surface area (Å²) in [6.45, 7) is 0. The largest absolute Gasteiger partial charge is 0.311 e. The smallest absolute Gasteiger partial charge is 0.231 e. The molecule has 2 aromatic rings. The van der Waals surface area contributed by atoms with E-state index >= 15 is 0 Å². The van der Waals surface area contributed by atoms with Gasteiger partial charge in [0.05, 0.1) is 11.0 Å². The molecule has 2 rings (SSSR count). The van der Waals surface area contributed by atoms with Crippen LogP contribution in [0.2, 0.25) is 0 Å². The molecule has 5 heteroatoms. The fourth-order valence-electron chi connectivity index (χ4n) is 1.49. The summed E-state index contributed by atoms with van der Waals surface area (Å²) in [6, 6.07) is 8.07. The number of imidazole rings is 1. The predicted molar refractivity (Wildman–Crippen MR) is 74.8 cm³/mol. The molecule has 0 N–H and O–H groups in total. The van der Waals surface area contributed by atoms with E-state index in [1.807, 2.05) is 42.3 Å². The van der Waals surface area contributed by atoms with Crippen molar-refractivity contribution in [3.05, 3.63) is 24.3 Å². The van der Waals surface area contributed by atoms with Gasteiger partial charge in [0.2, 0.25) is 5.95 Å². The average molecular weight is 251 g/mol. The van der Waals surface area contributed by atoms with Crippen molar-refractivity contribution in [2.45, 2.75) is 0 Å². The van der Waals surface area contributed by atoms with Gasteiger partial charge in [-0.25, -0.2) is 4.98 Å². The summed E-state index contributed by atoms with van der Waals surface area (Å²) < 4.78 is 3.04. The molecule has 0 aliphatic carbocycles. The molecule has 1 aromatic carbocycles. The Hall–Kier alpha value is -0.940. The standard InChI is InChI=1S/C11H13N3S2/c1-14-9-7-5-4-6-8(9)12-10(14)13-11(15-2)16-3/h4-7H,1-3H3. The van der Waals surface area contributed by atoms with Crippen molar-refractivity contribution in [2.24, 2.45) is 12.0 Å². The zero-order chi connectivity index (χ0) is 11.5. The first kappa shape index (κ1) is 11.5. The van der Waals surface area contributed by atoms with Crippen LogP contribution in [0.25, 0.3) is 11.0 Å². The number of para-hydroxylation sites is 2. The quantitative estimate of drug-likeness (QED) is 0.575. The topological polar surface area (TPSA) is 30.2 Å². The van der Waals surface area contributed by atoms with Crippen LogP contribution < -0.4 is 0 Å². The molecular formula is C11H13N3S2. The van der Waals surface area contributed by atoms with E-state index in [0.29, 0.717) is 0 Å². The van der Waals surface area contributed by atoms with Crippen LogP contribution in [-0.4, -0.2) is 26.4 Å². The van der Waals surface area contributed by atoms with Gasteiger partial charge in [0.1, 0.15) is 4.38 Å². The number of aromatic nitrogens is 2. The summed E-state index contributed by atoms with van der Waals surface area (Å²) in [6.07, 6.45) is 4.05. The van der Waals surface area contributed by atoms with E-state index < -0.39 is 0 Å². The predicted octanol–water partition coefficient (Wildman–Crippen LogP) is 3.29. The van der Waals surface area contributed by atoms with Crippen LogP contribution in [0.5, 0.6) is 0 Å². The minimum absolute atomic E-state index is 0.764. The number of thioether (sulfide) groups is 2. The van der Waals surface area contributed by atoms with E-state index in [1.54, 1.807) is 23.5 Å².